The first kappa shape index (κ1) is 15.1. The van der Waals surface area contributed by atoms with Crippen molar-refractivity contribution in [1.29, 1.82) is 0 Å². The Morgan fingerprint density at radius 2 is 2.05 bits per heavy atom. The van der Waals surface area contributed by atoms with Gasteiger partial charge in [-0.3, -0.25) is 10.1 Å². The van der Waals surface area contributed by atoms with E-state index in [1.165, 1.54) is 0 Å². The number of esters is 1. The van der Waals surface area contributed by atoms with Gasteiger partial charge in [0.25, 0.3) is 5.69 Å². The summed E-state index contributed by atoms with van der Waals surface area (Å²) in [7, 11) is -3.57. The zero-order chi connectivity index (χ0) is 14.6. The zero-order valence-corrected chi connectivity index (χ0v) is 11.3. The first-order valence-corrected chi connectivity index (χ1v) is 7.32. The Balaban J connectivity index is 3.27. The highest BCUT2D eigenvalue weighted by molar-refractivity contribution is 7.90. The van der Waals surface area contributed by atoms with Crippen LogP contribution in [-0.4, -0.2) is 32.2 Å². The maximum atomic E-state index is 11.6. The fourth-order valence-electron chi connectivity index (χ4n) is 1.34. The van der Waals surface area contributed by atoms with Crippen molar-refractivity contribution >= 4 is 21.5 Å². The Morgan fingerprint density at radius 1 is 1.42 bits per heavy atom. The highest BCUT2D eigenvalue weighted by atomic mass is 32.2. The molecule has 0 amide bonds. The van der Waals surface area contributed by atoms with Crippen molar-refractivity contribution in [3.8, 4) is 0 Å². The van der Waals surface area contributed by atoms with E-state index in [2.05, 4.69) is 0 Å². The van der Waals surface area contributed by atoms with Crippen LogP contribution < -0.4 is 0 Å². The Kier molecular flexibility index (Phi) is 4.60. The molecule has 0 aliphatic rings. The number of sulfone groups is 1. The van der Waals surface area contributed by atoms with Gasteiger partial charge in [0.1, 0.15) is 5.56 Å². The van der Waals surface area contributed by atoms with Crippen molar-refractivity contribution in [3.05, 3.63) is 33.9 Å². The fraction of sp³-hybridized carbons (Fsp3) is 0.364. The number of hydrogen-bond acceptors (Lipinski definition) is 6. The lowest BCUT2D eigenvalue weighted by Gasteiger charge is -2.05. The maximum absolute atomic E-state index is 11.6. The van der Waals surface area contributed by atoms with Crippen LogP contribution >= 0.6 is 0 Å². The van der Waals surface area contributed by atoms with E-state index in [9.17, 15) is 23.3 Å². The molecule has 0 saturated heterocycles. The van der Waals surface area contributed by atoms with Crippen molar-refractivity contribution < 1.29 is 22.9 Å². The molecule has 0 saturated carbocycles. The molecule has 0 radical (unpaired) electrons. The molecule has 0 bridgehead atoms. The lowest BCUT2D eigenvalue weighted by Crippen LogP contribution is -2.10. The number of nitro groups is 1. The monoisotopic (exact) mass is 287 g/mol. The Hall–Kier alpha value is -1.96. The van der Waals surface area contributed by atoms with Crippen molar-refractivity contribution in [3.63, 3.8) is 0 Å². The molecule has 1 aromatic carbocycles. The van der Waals surface area contributed by atoms with Gasteiger partial charge in [0.2, 0.25) is 0 Å². The molecule has 0 unspecified atom stereocenters. The van der Waals surface area contributed by atoms with Gasteiger partial charge in [0, 0.05) is 12.3 Å². The summed E-state index contributed by atoms with van der Waals surface area (Å²) in [5, 5.41) is 10.9. The quantitative estimate of drug-likeness (QED) is 0.462. The van der Waals surface area contributed by atoms with Gasteiger partial charge in [-0.2, -0.15) is 0 Å². The highest BCUT2D eigenvalue weighted by Crippen LogP contribution is 2.23. The topological polar surface area (TPSA) is 104 Å². The molecule has 0 atom stereocenters. The molecule has 19 heavy (non-hydrogen) atoms. The molecule has 0 N–H and O–H groups in total. The van der Waals surface area contributed by atoms with Crippen molar-refractivity contribution in [2.45, 2.75) is 18.2 Å². The summed E-state index contributed by atoms with van der Waals surface area (Å²) >= 11 is 0. The lowest BCUT2D eigenvalue weighted by atomic mass is 10.2. The van der Waals surface area contributed by atoms with Crippen LogP contribution in [0.3, 0.4) is 0 Å². The fourth-order valence-corrected chi connectivity index (χ4v) is 1.98. The molecular formula is C11H13NO6S. The predicted molar refractivity (Wildman–Crippen MR) is 66.8 cm³/mol. The molecule has 0 spiro atoms. The second-order valence-electron chi connectivity index (χ2n) is 3.84. The molecule has 0 aliphatic carbocycles. The number of hydrogen-bond donors (Lipinski definition) is 0. The van der Waals surface area contributed by atoms with Gasteiger partial charge in [-0.05, 0) is 18.6 Å². The van der Waals surface area contributed by atoms with E-state index in [-0.39, 0.29) is 17.1 Å². The predicted octanol–water partition coefficient (Wildman–Crippen LogP) is 1.57. The first-order chi connectivity index (χ1) is 8.77. The summed E-state index contributed by atoms with van der Waals surface area (Å²) in [6, 6.07) is 3.09. The normalized spacial score (nSPS) is 11.1. The van der Waals surface area contributed by atoms with Gasteiger partial charge in [0.05, 0.1) is 16.4 Å². The molecule has 0 aliphatic heterocycles. The van der Waals surface area contributed by atoms with E-state index in [0.717, 1.165) is 24.5 Å². The van der Waals surface area contributed by atoms with Crippen LogP contribution in [0.4, 0.5) is 5.69 Å². The number of carbonyl (C=O) groups excluding carboxylic acids is 1. The van der Waals surface area contributed by atoms with Gasteiger partial charge >= 0.3 is 5.97 Å². The maximum Gasteiger partial charge on any atom is 0.345 e. The largest absolute Gasteiger partial charge is 0.462 e. The second kappa shape index (κ2) is 5.79. The molecule has 0 heterocycles. The van der Waals surface area contributed by atoms with Gasteiger partial charge in [-0.15, -0.1) is 0 Å². The van der Waals surface area contributed by atoms with Crippen LogP contribution in [0.2, 0.25) is 0 Å². The van der Waals surface area contributed by atoms with E-state index < -0.39 is 26.4 Å². The van der Waals surface area contributed by atoms with Crippen LogP contribution in [0.1, 0.15) is 23.7 Å². The summed E-state index contributed by atoms with van der Waals surface area (Å²) in [6.07, 6.45) is 1.52. The summed E-state index contributed by atoms with van der Waals surface area (Å²) < 4.78 is 27.4. The third-order valence-electron chi connectivity index (χ3n) is 2.25. The number of nitrogens with zero attached hydrogens (tertiary/aromatic N) is 1. The number of carbonyl (C=O) groups is 1. The van der Waals surface area contributed by atoms with Crippen LogP contribution in [-0.2, 0) is 14.6 Å². The van der Waals surface area contributed by atoms with E-state index in [1.807, 2.05) is 0 Å². The van der Waals surface area contributed by atoms with E-state index in [0.29, 0.717) is 6.42 Å². The Bertz CT molecular complexity index is 608. The molecule has 1 rings (SSSR count). The average Bonchev–Trinajstić information content (AvgIpc) is 2.34. The minimum Gasteiger partial charge on any atom is -0.462 e. The highest BCUT2D eigenvalue weighted by Gasteiger charge is 2.24. The van der Waals surface area contributed by atoms with Crippen LogP contribution in [0, 0.1) is 10.1 Å². The number of benzene rings is 1. The first-order valence-electron chi connectivity index (χ1n) is 5.43. The Morgan fingerprint density at radius 3 is 2.53 bits per heavy atom. The van der Waals surface area contributed by atoms with Crippen molar-refractivity contribution in [2.75, 3.05) is 12.9 Å². The molecule has 0 aromatic heterocycles. The molecular weight excluding hydrogens is 274 g/mol. The average molecular weight is 287 g/mol. The molecule has 7 nitrogen and oxygen atoms in total. The summed E-state index contributed by atoms with van der Waals surface area (Å²) in [5.41, 5.74) is -0.838. The standard InChI is InChI=1S/C11H13NO6S/c1-3-6-18-11(13)9-5-4-8(19(2,16)17)7-10(9)12(14)15/h4-5,7H,3,6H2,1-2H3. The summed E-state index contributed by atoms with van der Waals surface area (Å²) in [6.45, 7) is 1.93. The van der Waals surface area contributed by atoms with Gasteiger partial charge in [0.15, 0.2) is 9.84 Å². The zero-order valence-electron chi connectivity index (χ0n) is 10.5. The molecule has 1 aromatic rings. The number of rotatable bonds is 5. The van der Waals surface area contributed by atoms with Gasteiger partial charge < -0.3 is 4.74 Å². The Labute approximate surface area is 110 Å². The lowest BCUT2D eigenvalue weighted by molar-refractivity contribution is -0.385. The summed E-state index contributed by atoms with van der Waals surface area (Å²) in [4.78, 5) is 21.5. The van der Waals surface area contributed by atoms with Crippen molar-refractivity contribution in [1.82, 2.24) is 0 Å². The summed E-state index contributed by atoms with van der Waals surface area (Å²) in [5.74, 6) is -0.839. The van der Waals surface area contributed by atoms with E-state index >= 15 is 0 Å². The number of ether oxygens (including phenoxy) is 1. The third-order valence-corrected chi connectivity index (χ3v) is 3.36. The molecule has 104 valence electrons. The smallest absolute Gasteiger partial charge is 0.345 e. The van der Waals surface area contributed by atoms with Crippen LogP contribution in [0.5, 0.6) is 0 Å². The van der Waals surface area contributed by atoms with E-state index in [4.69, 9.17) is 4.74 Å². The minimum absolute atomic E-state index is 0.143. The molecule has 8 heteroatoms. The molecule has 0 fully saturated rings. The van der Waals surface area contributed by atoms with Crippen LogP contribution in [0.15, 0.2) is 23.1 Å². The number of nitro benzene ring substituents is 1. The van der Waals surface area contributed by atoms with Gasteiger partial charge in [-0.25, -0.2) is 13.2 Å². The minimum atomic E-state index is -3.57. The van der Waals surface area contributed by atoms with Crippen molar-refractivity contribution in [2.24, 2.45) is 0 Å². The van der Waals surface area contributed by atoms with E-state index in [1.54, 1.807) is 6.92 Å². The third kappa shape index (κ3) is 3.75. The second-order valence-corrected chi connectivity index (χ2v) is 5.86. The van der Waals surface area contributed by atoms with Crippen LogP contribution in [0.25, 0.3) is 0 Å². The van der Waals surface area contributed by atoms with Gasteiger partial charge in [-0.1, -0.05) is 6.92 Å². The SMILES string of the molecule is CCCOC(=O)c1ccc(S(C)(=O)=O)cc1[N+](=O)[O-].